The molecule has 0 atom stereocenters. The first kappa shape index (κ1) is 23.1. The van der Waals surface area contributed by atoms with Gasteiger partial charge < -0.3 is 24.7 Å². The van der Waals surface area contributed by atoms with Gasteiger partial charge in [0.25, 0.3) is 0 Å². The fourth-order valence-electron chi connectivity index (χ4n) is 2.59. The molecule has 0 saturated carbocycles. The van der Waals surface area contributed by atoms with Crippen LogP contribution in [0, 0.1) is 0 Å². The highest BCUT2D eigenvalue weighted by Gasteiger charge is 2.09. The van der Waals surface area contributed by atoms with Crippen molar-refractivity contribution in [2.45, 2.75) is 5.75 Å². The quantitative estimate of drug-likeness (QED) is 0.329. The second kappa shape index (κ2) is 12.3. The fourth-order valence-corrected chi connectivity index (χ4v) is 3.44. The van der Waals surface area contributed by atoms with Crippen LogP contribution in [0.4, 0.5) is 5.69 Å². The highest BCUT2D eigenvalue weighted by molar-refractivity contribution is 7.98. The first-order chi connectivity index (χ1) is 15.1. The maximum Gasteiger partial charge on any atom is 0.247 e. The molecule has 0 spiro atoms. The van der Waals surface area contributed by atoms with E-state index in [1.807, 2.05) is 68.7 Å². The number of nitrogens with one attached hydrogen (secondary N) is 2. The van der Waals surface area contributed by atoms with E-state index in [1.54, 1.807) is 11.8 Å². The van der Waals surface area contributed by atoms with Crippen LogP contribution in [-0.4, -0.2) is 59.8 Å². The molecule has 2 aromatic carbocycles. The number of ether oxygens (including phenoxy) is 1. The summed E-state index contributed by atoms with van der Waals surface area (Å²) in [6.45, 7) is 2.34. The van der Waals surface area contributed by atoms with Crippen LogP contribution in [0.5, 0.6) is 5.75 Å². The summed E-state index contributed by atoms with van der Waals surface area (Å²) in [6, 6.07) is 17.5. The van der Waals surface area contributed by atoms with E-state index in [0.29, 0.717) is 29.3 Å². The van der Waals surface area contributed by atoms with Gasteiger partial charge in [-0.15, -0.1) is 22.0 Å². The number of nitrogens with zero attached hydrogens (tertiary/aromatic N) is 3. The van der Waals surface area contributed by atoms with E-state index < -0.39 is 0 Å². The van der Waals surface area contributed by atoms with Gasteiger partial charge in [-0.1, -0.05) is 18.2 Å². The average Bonchev–Trinajstić information content (AvgIpc) is 3.23. The Hall–Kier alpha value is -2.62. The molecule has 31 heavy (non-hydrogen) atoms. The van der Waals surface area contributed by atoms with Gasteiger partial charge >= 0.3 is 0 Å². The predicted molar refractivity (Wildman–Crippen MR) is 131 cm³/mol. The monoisotopic (exact) mass is 457 g/mol. The lowest BCUT2D eigenvalue weighted by atomic mass is 10.2. The number of hydrogen-bond donors (Lipinski definition) is 2. The number of aromatic nitrogens is 2. The van der Waals surface area contributed by atoms with Crippen LogP contribution in [0.25, 0.3) is 11.5 Å². The Morgan fingerprint density at radius 3 is 2.61 bits per heavy atom. The Kier molecular flexibility index (Phi) is 9.14. The molecule has 1 aromatic heterocycles. The smallest absolute Gasteiger partial charge is 0.247 e. The number of benzene rings is 2. The third kappa shape index (κ3) is 8.20. The summed E-state index contributed by atoms with van der Waals surface area (Å²) >= 11 is 7.01. The van der Waals surface area contributed by atoms with Crippen molar-refractivity contribution in [3.8, 4) is 17.2 Å². The number of likely N-dealkylation sites (N-methyl/N-ethyl adjacent to an activating group) is 1. The third-order valence-electron chi connectivity index (χ3n) is 4.17. The van der Waals surface area contributed by atoms with Gasteiger partial charge in [-0.3, -0.25) is 0 Å². The van der Waals surface area contributed by atoms with E-state index in [9.17, 15) is 0 Å². The third-order valence-corrected chi connectivity index (χ3v) is 5.32. The summed E-state index contributed by atoms with van der Waals surface area (Å²) in [4.78, 5) is 2.10. The van der Waals surface area contributed by atoms with Crippen molar-refractivity contribution in [2.75, 3.05) is 44.9 Å². The van der Waals surface area contributed by atoms with Crippen LogP contribution in [0.3, 0.4) is 0 Å². The number of thioether (sulfide) groups is 1. The number of anilines is 1. The first-order valence-electron chi connectivity index (χ1n) is 9.98. The van der Waals surface area contributed by atoms with E-state index >= 15 is 0 Å². The van der Waals surface area contributed by atoms with Gasteiger partial charge in [-0.05, 0) is 62.7 Å². The molecule has 0 amide bonds. The van der Waals surface area contributed by atoms with Crippen LogP contribution in [0.15, 0.2) is 59.0 Å². The van der Waals surface area contributed by atoms with Gasteiger partial charge in [-0.25, -0.2) is 0 Å². The van der Waals surface area contributed by atoms with Gasteiger partial charge in [0.1, 0.15) is 5.75 Å². The molecule has 0 bridgehead atoms. The topological polar surface area (TPSA) is 75.5 Å². The Morgan fingerprint density at radius 2 is 1.87 bits per heavy atom. The highest BCUT2D eigenvalue weighted by Crippen LogP contribution is 2.22. The second-order valence-corrected chi connectivity index (χ2v) is 8.49. The molecule has 2 N–H and O–H groups in total. The van der Waals surface area contributed by atoms with E-state index in [1.165, 1.54) is 0 Å². The lowest BCUT2D eigenvalue weighted by Crippen LogP contribution is -2.34. The number of rotatable bonds is 11. The zero-order valence-electron chi connectivity index (χ0n) is 17.7. The first-order valence-corrected chi connectivity index (χ1v) is 11.5. The molecule has 0 aliphatic rings. The SMILES string of the molecule is CN(C)CCNC(=S)Nc1ccc(-c2nnc(CSCCOc3ccccc3)o2)cc1. The Balaban J connectivity index is 1.40. The van der Waals surface area contributed by atoms with Crippen LogP contribution in [-0.2, 0) is 5.75 Å². The molecule has 1 heterocycles. The zero-order chi connectivity index (χ0) is 21.9. The molecule has 3 aromatic rings. The van der Waals surface area contributed by atoms with Crippen molar-refractivity contribution < 1.29 is 9.15 Å². The fraction of sp³-hybridized carbons (Fsp3) is 0.318. The zero-order valence-corrected chi connectivity index (χ0v) is 19.3. The molecular formula is C22H27N5O2S2. The van der Waals surface area contributed by atoms with Crippen LogP contribution in [0.2, 0.25) is 0 Å². The molecular weight excluding hydrogens is 430 g/mol. The maximum atomic E-state index is 5.78. The van der Waals surface area contributed by atoms with Crippen molar-refractivity contribution in [3.63, 3.8) is 0 Å². The molecule has 0 aliphatic heterocycles. The maximum absolute atomic E-state index is 5.78. The van der Waals surface area contributed by atoms with Crippen molar-refractivity contribution in [1.29, 1.82) is 0 Å². The minimum atomic E-state index is 0.509. The molecule has 9 heteroatoms. The van der Waals surface area contributed by atoms with Gasteiger partial charge in [-0.2, -0.15) is 0 Å². The Bertz CT molecular complexity index is 933. The van der Waals surface area contributed by atoms with Gasteiger partial charge in [0.05, 0.1) is 12.4 Å². The van der Waals surface area contributed by atoms with Crippen LogP contribution in [0.1, 0.15) is 5.89 Å². The second-order valence-electron chi connectivity index (χ2n) is 6.98. The lowest BCUT2D eigenvalue weighted by molar-refractivity contribution is 0.344. The molecule has 0 unspecified atom stereocenters. The molecule has 0 aliphatic carbocycles. The van der Waals surface area contributed by atoms with Gasteiger partial charge in [0.2, 0.25) is 11.8 Å². The molecule has 0 radical (unpaired) electrons. The minimum absolute atomic E-state index is 0.509. The Labute approximate surface area is 192 Å². The van der Waals surface area contributed by atoms with Crippen LogP contribution < -0.4 is 15.4 Å². The normalized spacial score (nSPS) is 10.8. The minimum Gasteiger partial charge on any atom is -0.493 e. The summed E-state index contributed by atoms with van der Waals surface area (Å²) in [5.41, 5.74) is 1.77. The van der Waals surface area contributed by atoms with Gasteiger partial charge in [0.15, 0.2) is 5.11 Å². The van der Waals surface area contributed by atoms with Crippen molar-refractivity contribution in [3.05, 3.63) is 60.5 Å². The Morgan fingerprint density at radius 1 is 1.10 bits per heavy atom. The summed E-state index contributed by atoms with van der Waals surface area (Å²) in [5.74, 6) is 3.49. The van der Waals surface area contributed by atoms with Crippen molar-refractivity contribution in [2.24, 2.45) is 0 Å². The van der Waals surface area contributed by atoms with Crippen LogP contribution >= 0.6 is 24.0 Å². The molecule has 0 saturated heterocycles. The average molecular weight is 458 g/mol. The standard InChI is InChI=1S/C22H27N5O2S2/c1-27(2)13-12-23-22(30)24-18-10-8-17(9-11-18)21-26-25-20(29-21)16-31-15-14-28-19-6-4-3-5-7-19/h3-11H,12-16H2,1-2H3,(H2,23,24,30). The summed E-state index contributed by atoms with van der Waals surface area (Å²) < 4.78 is 11.5. The number of thiocarbonyl (C=S) groups is 1. The van der Waals surface area contributed by atoms with E-state index in [4.69, 9.17) is 21.4 Å². The molecule has 0 fully saturated rings. The van der Waals surface area contributed by atoms with E-state index in [0.717, 1.165) is 35.8 Å². The largest absolute Gasteiger partial charge is 0.493 e. The summed E-state index contributed by atoms with van der Waals surface area (Å²) in [6.07, 6.45) is 0. The molecule has 3 rings (SSSR count). The molecule has 7 nitrogen and oxygen atoms in total. The van der Waals surface area contributed by atoms with Crippen molar-refractivity contribution >= 4 is 34.8 Å². The van der Waals surface area contributed by atoms with E-state index in [2.05, 4.69) is 25.7 Å². The van der Waals surface area contributed by atoms with Crippen molar-refractivity contribution in [1.82, 2.24) is 20.4 Å². The van der Waals surface area contributed by atoms with Gasteiger partial charge in [0, 0.05) is 30.1 Å². The number of hydrogen-bond acceptors (Lipinski definition) is 7. The number of para-hydroxylation sites is 1. The molecule has 164 valence electrons. The highest BCUT2D eigenvalue weighted by atomic mass is 32.2. The lowest BCUT2D eigenvalue weighted by Gasteiger charge is -2.13. The van der Waals surface area contributed by atoms with E-state index in [-0.39, 0.29) is 0 Å². The summed E-state index contributed by atoms with van der Waals surface area (Å²) in [7, 11) is 4.05. The summed E-state index contributed by atoms with van der Waals surface area (Å²) in [5, 5.41) is 15.2. The predicted octanol–water partition coefficient (Wildman–Crippen LogP) is 3.90.